The number of aryl methyl sites for hydroxylation is 1. The van der Waals surface area contributed by atoms with Gasteiger partial charge in [-0.15, -0.1) is 0 Å². The van der Waals surface area contributed by atoms with Crippen LogP contribution in [0.25, 0.3) is 11.3 Å². The third-order valence-corrected chi connectivity index (χ3v) is 9.02. The average Bonchev–Trinajstić information content (AvgIpc) is 3.60. The number of ether oxygens (including phenoxy) is 1. The van der Waals surface area contributed by atoms with Crippen LogP contribution >= 0.6 is 0 Å². The van der Waals surface area contributed by atoms with Gasteiger partial charge in [-0.1, -0.05) is 25.1 Å². The predicted molar refractivity (Wildman–Crippen MR) is 144 cm³/mol. The van der Waals surface area contributed by atoms with E-state index in [9.17, 15) is 13.2 Å². The number of fused-ring (bicyclic) bond motifs is 10. The van der Waals surface area contributed by atoms with Gasteiger partial charge in [-0.2, -0.15) is 23.4 Å². The molecule has 2 unspecified atom stereocenters. The van der Waals surface area contributed by atoms with E-state index in [-0.39, 0.29) is 12.4 Å². The van der Waals surface area contributed by atoms with Crippen molar-refractivity contribution >= 4 is 11.4 Å². The smallest absolute Gasteiger partial charge is 0.368 e. The molecule has 0 fully saturated rings. The number of para-hydroxylation sites is 1. The van der Waals surface area contributed by atoms with Crippen molar-refractivity contribution < 1.29 is 22.3 Å². The van der Waals surface area contributed by atoms with Crippen LogP contribution in [0.4, 0.5) is 23.4 Å². The number of methoxy groups -OCH3 is 1. The average molecular weight is 565 g/mol. The lowest BCUT2D eigenvalue weighted by Crippen LogP contribution is -2.42. The van der Waals surface area contributed by atoms with Crippen molar-refractivity contribution in [3.05, 3.63) is 93.5 Å². The molecule has 3 aliphatic rings. The van der Waals surface area contributed by atoms with Crippen LogP contribution in [-0.4, -0.2) is 38.6 Å². The van der Waals surface area contributed by atoms with Gasteiger partial charge in [0.1, 0.15) is 5.60 Å². The van der Waals surface area contributed by atoms with Gasteiger partial charge in [-0.05, 0) is 43.5 Å². The van der Waals surface area contributed by atoms with Gasteiger partial charge in [0.25, 0.3) is 0 Å². The molecule has 0 bridgehead atoms. The Hall–Kier alpha value is -3.99. The van der Waals surface area contributed by atoms with E-state index in [1.54, 1.807) is 12.0 Å². The minimum Gasteiger partial charge on any atom is -0.368 e. The summed E-state index contributed by atoms with van der Waals surface area (Å²) in [4.78, 5) is 5.62. The number of aromatic amines is 1. The summed E-state index contributed by atoms with van der Waals surface area (Å²) in [6, 6.07) is 6.78. The van der Waals surface area contributed by atoms with E-state index in [0.717, 1.165) is 57.0 Å². The highest BCUT2D eigenvalue weighted by atomic mass is 19.4. The van der Waals surface area contributed by atoms with E-state index in [4.69, 9.17) is 9.84 Å². The molecule has 1 aromatic carbocycles. The molecule has 1 N–H and O–H groups in total. The summed E-state index contributed by atoms with van der Waals surface area (Å²) < 4.78 is 62.7. The Kier molecular flexibility index (Phi) is 5.39. The third-order valence-electron chi connectivity index (χ3n) is 9.02. The molecule has 0 radical (unpaired) electrons. The van der Waals surface area contributed by atoms with Gasteiger partial charge in [-0.25, -0.2) is 14.1 Å². The zero-order valence-corrected chi connectivity index (χ0v) is 23.0. The number of rotatable bonds is 3. The quantitative estimate of drug-likeness (QED) is 0.316. The largest absolute Gasteiger partial charge is 0.417 e. The number of alkyl halides is 3. The molecule has 41 heavy (non-hydrogen) atoms. The van der Waals surface area contributed by atoms with Gasteiger partial charge in [0.15, 0.2) is 11.6 Å². The first-order valence-corrected chi connectivity index (χ1v) is 13.6. The molecule has 0 saturated heterocycles. The number of anilines is 1. The maximum absolute atomic E-state index is 15.1. The number of hydrogen-bond acceptors (Lipinski definition) is 5. The summed E-state index contributed by atoms with van der Waals surface area (Å²) in [5.74, 6) is -1.10. The summed E-state index contributed by atoms with van der Waals surface area (Å²) in [5, 5.41) is 12.7. The van der Waals surface area contributed by atoms with Crippen LogP contribution in [0.3, 0.4) is 0 Å². The molecule has 7 rings (SSSR count). The lowest BCUT2D eigenvalue weighted by molar-refractivity contribution is -0.138. The number of H-pyrrole nitrogens is 1. The topological polar surface area (TPSA) is 71.9 Å². The molecule has 212 valence electrons. The predicted octanol–water partition coefficient (Wildman–Crippen LogP) is 5.85. The monoisotopic (exact) mass is 564 g/mol. The molecular formula is C30H28F4N6O. The minimum absolute atomic E-state index is 0.102. The SMILES string of the molecule is CCc1cccc2c1-n1nc3c(c1C1(C)C2=CC(C)(OC)c2[nH]ncc21)CN(c1ncc(C(F)(F)F)cc1F)CC3. The fourth-order valence-corrected chi connectivity index (χ4v) is 6.84. The highest BCUT2D eigenvalue weighted by Gasteiger charge is 2.53. The lowest BCUT2D eigenvalue weighted by atomic mass is 9.62. The van der Waals surface area contributed by atoms with E-state index < -0.39 is 28.6 Å². The molecule has 0 spiro atoms. The second kappa shape index (κ2) is 8.51. The standard InChI is InChI=1S/C30H28F4N6O/c1-5-16-7-6-8-18-20-12-28(2,41-4)25-21(14-36-37-25)29(20,3)26-19-15-39(10-9-23(19)38-40(26)24(16)18)27-22(31)11-17(13-35-27)30(32,33)34/h6-8,11-14H,5,9-10,15H2,1-4H3,(H,36,37). The highest BCUT2D eigenvalue weighted by Crippen LogP contribution is 2.57. The lowest BCUT2D eigenvalue weighted by Gasteiger charge is -2.45. The van der Waals surface area contributed by atoms with Gasteiger partial charge in [-0.3, -0.25) is 5.10 Å². The van der Waals surface area contributed by atoms with Crippen LogP contribution in [-0.2, 0) is 41.3 Å². The molecule has 1 aliphatic carbocycles. The second-order valence-electron chi connectivity index (χ2n) is 11.2. The normalized spacial score (nSPS) is 22.8. The zero-order chi connectivity index (χ0) is 28.9. The second-order valence-corrected chi connectivity index (χ2v) is 11.2. The number of halogens is 4. The molecule has 11 heteroatoms. The Bertz CT molecular complexity index is 1750. The number of allylic oxidation sites excluding steroid dienone is 1. The zero-order valence-electron chi connectivity index (χ0n) is 23.0. The maximum Gasteiger partial charge on any atom is 0.417 e. The van der Waals surface area contributed by atoms with Crippen LogP contribution in [0, 0.1) is 5.82 Å². The first kappa shape index (κ1) is 25.9. The van der Waals surface area contributed by atoms with Crippen LogP contribution in [0.1, 0.15) is 65.7 Å². The van der Waals surface area contributed by atoms with Gasteiger partial charge in [0, 0.05) is 49.5 Å². The van der Waals surface area contributed by atoms with Crippen molar-refractivity contribution in [2.24, 2.45) is 0 Å². The third kappa shape index (κ3) is 3.44. The molecule has 0 amide bonds. The Morgan fingerprint density at radius 2 is 1.98 bits per heavy atom. The molecule has 4 aromatic rings. The number of nitrogens with zero attached hydrogens (tertiary/aromatic N) is 5. The maximum atomic E-state index is 15.1. The van der Waals surface area contributed by atoms with Gasteiger partial charge >= 0.3 is 6.18 Å². The van der Waals surface area contributed by atoms with E-state index in [2.05, 4.69) is 53.3 Å². The Morgan fingerprint density at radius 3 is 2.68 bits per heavy atom. The fourth-order valence-electron chi connectivity index (χ4n) is 6.84. The van der Waals surface area contributed by atoms with Crippen LogP contribution in [0.15, 0.2) is 42.7 Å². The molecule has 5 heterocycles. The van der Waals surface area contributed by atoms with Crippen molar-refractivity contribution in [1.82, 2.24) is 25.0 Å². The van der Waals surface area contributed by atoms with Crippen LogP contribution in [0.5, 0.6) is 0 Å². The van der Waals surface area contributed by atoms with Crippen molar-refractivity contribution in [3.8, 4) is 5.69 Å². The molecule has 0 saturated carbocycles. The first-order chi connectivity index (χ1) is 19.5. The Balaban J connectivity index is 1.45. The highest BCUT2D eigenvalue weighted by molar-refractivity contribution is 5.89. The van der Waals surface area contributed by atoms with E-state index in [0.29, 0.717) is 25.2 Å². The summed E-state index contributed by atoms with van der Waals surface area (Å²) in [6.07, 6.45) is 1.28. The first-order valence-electron chi connectivity index (χ1n) is 13.6. The molecule has 2 aliphatic heterocycles. The van der Waals surface area contributed by atoms with Crippen molar-refractivity contribution in [3.63, 3.8) is 0 Å². The van der Waals surface area contributed by atoms with E-state index in [1.807, 2.05) is 17.8 Å². The number of hydrogen-bond donors (Lipinski definition) is 1. The van der Waals surface area contributed by atoms with Gasteiger partial charge < -0.3 is 9.64 Å². The van der Waals surface area contributed by atoms with Crippen molar-refractivity contribution in [1.29, 1.82) is 0 Å². The van der Waals surface area contributed by atoms with E-state index in [1.165, 1.54) is 0 Å². The summed E-state index contributed by atoms with van der Waals surface area (Å²) in [7, 11) is 1.67. The summed E-state index contributed by atoms with van der Waals surface area (Å²) in [5.41, 5.74) is 6.23. The summed E-state index contributed by atoms with van der Waals surface area (Å²) in [6.45, 7) is 6.88. The molecule has 2 atom stereocenters. The molecular weight excluding hydrogens is 536 g/mol. The van der Waals surface area contributed by atoms with Crippen LogP contribution in [0.2, 0.25) is 0 Å². The minimum atomic E-state index is -4.67. The number of nitrogens with one attached hydrogen (secondary N) is 1. The Morgan fingerprint density at radius 1 is 1.17 bits per heavy atom. The Labute approximate surface area is 233 Å². The molecule has 3 aromatic heterocycles. The fraction of sp³-hybridized carbons (Fsp3) is 0.367. The van der Waals surface area contributed by atoms with E-state index >= 15 is 4.39 Å². The number of aromatic nitrogens is 5. The van der Waals surface area contributed by atoms with Gasteiger partial charge in [0.2, 0.25) is 0 Å². The van der Waals surface area contributed by atoms with Crippen LogP contribution < -0.4 is 4.90 Å². The van der Waals surface area contributed by atoms with Gasteiger partial charge in [0.05, 0.1) is 39.9 Å². The summed E-state index contributed by atoms with van der Waals surface area (Å²) >= 11 is 0. The molecule has 7 nitrogen and oxygen atoms in total. The van der Waals surface area contributed by atoms with Crippen molar-refractivity contribution in [2.75, 3.05) is 18.6 Å². The van der Waals surface area contributed by atoms with Crippen molar-refractivity contribution in [2.45, 2.75) is 57.3 Å². The number of benzene rings is 1. The number of pyridine rings is 1.